The molecule has 3 rings (SSSR count). The van der Waals surface area contributed by atoms with Crippen LogP contribution in [0.15, 0.2) is 56.8 Å². The number of fused-ring (bicyclic) bond motifs is 1. The number of hydrogen-bond acceptors (Lipinski definition) is 5. The normalized spacial score (nSPS) is 12.4. The van der Waals surface area contributed by atoms with Crippen LogP contribution in [0.3, 0.4) is 0 Å². The van der Waals surface area contributed by atoms with Crippen molar-refractivity contribution < 1.29 is 9.53 Å². The predicted octanol–water partition coefficient (Wildman–Crippen LogP) is 3.42. The minimum Gasteiger partial charge on any atom is -0.484 e. The second-order valence-electron chi connectivity index (χ2n) is 6.63. The topological polar surface area (TPSA) is 99.6 Å². The van der Waals surface area contributed by atoms with E-state index < -0.39 is 5.91 Å². The van der Waals surface area contributed by atoms with E-state index in [4.69, 9.17) is 10.5 Å². The number of benzene rings is 2. The number of primary amides is 1. The fourth-order valence-corrected chi connectivity index (χ4v) is 3.07. The molecule has 0 radical (unpaired) electrons. The third-order valence-corrected chi connectivity index (χ3v) is 4.96. The molecular formula is C21H21BrN4O3. The molecule has 0 saturated heterocycles. The minimum absolute atomic E-state index is 0.0671. The second kappa shape index (κ2) is 9.00. The molecule has 1 atom stereocenters. The second-order valence-corrected chi connectivity index (χ2v) is 7.54. The van der Waals surface area contributed by atoms with Crippen molar-refractivity contribution in [3.63, 3.8) is 0 Å². The molecule has 0 aliphatic rings. The van der Waals surface area contributed by atoms with Crippen LogP contribution >= 0.6 is 15.9 Å². The Kier molecular flexibility index (Phi) is 6.43. The third-order valence-electron chi connectivity index (χ3n) is 4.47. The van der Waals surface area contributed by atoms with Gasteiger partial charge in [-0.05, 0) is 54.4 Å². The Morgan fingerprint density at radius 3 is 2.69 bits per heavy atom. The van der Waals surface area contributed by atoms with Crippen LogP contribution in [0.2, 0.25) is 0 Å². The lowest BCUT2D eigenvalue weighted by atomic mass is 10.1. The van der Waals surface area contributed by atoms with Crippen LogP contribution in [0, 0.1) is 0 Å². The van der Waals surface area contributed by atoms with Gasteiger partial charge < -0.3 is 10.5 Å². The van der Waals surface area contributed by atoms with Crippen molar-refractivity contribution in [3.05, 3.63) is 68.7 Å². The number of nitrogens with two attached hydrogens (primary N) is 1. The molecule has 1 amide bonds. The molecule has 0 bridgehead atoms. The highest BCUT2D eigenvalue weighted by Crippen LogP contribution is 2.21. The molecule has 1 aromatic heterocycles. The van der Waals surface area contributed by atoms with Crippen molar-refractivity contribution in [1.82, 2.24) is 9.66 Å². The SMILES string of the molecule is CC[C@@H](C)c1nc2ccc(Br)cc2c(=O)n1N=Cc1ccc(OCC(N)=O)cc1. The van der Waals surface area contributed by atoms with Crippen LogP contribution in [0.1, 0.15) is 37.6 Å². The molecule has 0 saturated carbocycles. The van der Waals surface area contributed by atoms with Crippen LogP contribution in [0.4, 0.5) is 0 Å². The van der Waals surface area contributed by atoms with E-state index in [-0.39, 0.29) is 18.1 Å². The highest BCUT2D eigenvalue weighted by Gasteiger charge is 2.15. The maximum atomic E-state index is 13.1. The number of hydrogen-bond donors (Lipinski definition) is 1. The highest BCUT2D eigenvalue weighted by molar-refractivity contribution is 9.10. The van der Waals surface area contributed by atoms with E-state index in [1.54, 1.807) is 36.5 Å². The van der Waals surface area contributed by atoms with Crippen molar-refractivity contribution in [1.29, 1.82) is 0 Å². The first-order valence-corrected chi connectivity index (χ1v) is 9.96. The number of aromatic nitrogens is 2. The molecule has 2 N–H and O–H groups in total. The van der Waals surface area contributed by atoms with Gasteiger partial charge in [-0.3, -0.25) is 9.59 Å². The molecule has 0 aliphatic carbocycles. The molecule has 3 aromatic rings. The zero-order chi connectivity index (χ0) is 21.0. The van der Waals surface area contributed by atoms with E-state index >= 15 is 0 Å². The Bertz CT molecular complexity index is 1120. The van der Waals surface area contributed by atoms with Gasteiger partial charge in [-0.15, -0.1) is 0 Å². The van der Waals surface area contributed by atoms with Crippen LogP contribution in [-0.2, 0) is 4.79 Å². The summed E-state index contributed by atoms with van der Waals surface area (Å²) in [6, 6.07) is 12.4. The maximum Gasteiger partial charge on any atom is 0.282 e. The van der Waals surface area contributed by atoms with E-state index in [1.807, 2.05) is 26.0 Å². The number of carbonyl (C=O) groups is 1. The van der Waals surface area contributed by atoms with Crippen molar-refractivity contribution in [3.8, 4) is 5.75 Å². The number of ether oxygens (including phenoxy) is 1. The summed E-state index contributed by atoms with van der Waals surface area (Å²) in [5.41, 5.74) is 6.27. The standard InChI is InChI=1S/C21H21BrN4O3/c1-3-13(2)20-25-18-9-6-15(22)10-17(18)21(28)26(20)24-11-14-4-7-16(8-5-14)29-12-19(23)27/h4-11,13H,3,12H2,1-2H3,(H2,23,27)/t13-/m1/s1. The van der Waals surface area contributed by atoms with Gasteiger partial charge in [0.25, 0.3) is 11.5 Å². The average Bonchev–Trinajstić information content (AvgIpc) is 2.72. The summed E-state index contributed by atoms with van der Waals surface area (Å²) >= 11 is 3.40. The van der Waals surface area contributed by atoms with Gasteiger partial charge in [0, 0.05) is 10.4 Å². The van der Waals surface area contributed by atoms with Crippen LogP contribution in [0.5, 0.6) is 5.75 Å². The summed E-state index contributed by atoms with van der Waals surface area (Å²) in [7, 11) is 0. The lowest BCUT2D eigenvalue weighted by molar-refractivity contribution is -0.119. The lowest BCUT2D eigenvalue weighted by Crippen LogP contribution is -2.23. The van der Waals surface area contributed by atoms with Gasteiger partial charge in [0.1, 0.15) is 11.6 Å². The molecular weight excluding hydrogens is 436 g/mol. The zero-order valence-corrected chi connectivity index (χ0v) is 17.7. The van der Waals surface area contributed by atoms with Gasteiger partial charge in [-0.1, -0.05) is 29.8 Å². The number of rotatable bonds is 7. The Labute approximate surface area is 176 Å². The van der Waals surface area contributed by atoms with E-state index in [2.05, 4.69) is 26.0 Å². The van der Waals surface area contributed by atoms with Gasteiger partial charge >= 0.3 is 0 Å². The largest absolute Gasteiger partial charge is 0.484 e. The highest BCUT2D eigenvalue weighted by atomic mass is 79.9. The van der Waals surface area contributed by atoms with Gasteiger partial charge in [-0.25, -0.2) is 4.98 Å². The molecule has 150 valence electrons. The van der Waals surface area contributed by atoms with Crippen LogP contribution in [0.25, 0.3) is 10.9 Å². The molecule has 8 heteroatoms. The summed E-state index contributed by atoms with van der Waals surface area (Å²) in [6.45, 7) is 3.88. The molecule has 7 nitrogen and oxygen atoms in total. The molecule has 2 aromatic carbocycles. The van der Waals surface area contributed by atoms with E-state index in [0.717, 1.165) is 16.5 Å². The van der Waals surface area contributed by atoms with Crippen molar-refractivity contribution in [2.24, 2.45) is 10.8 Å². The van der Waals surface area contributed by atoms with Crippen molar-refractivity contribution in [2.45, 2.75) is 26.2 Å². The summed E-state index contributed by atoms with van der Waals surface area (Å²) in [5, 5.41) is 4.91. The maximum absolute atomic E-state index is 13.1. The van der Waals surface area contributed by atoms with E-state index in [1.165, 1.54) is 4.68 Å². The molecule has 0 fully saturated rings. The van der Waals surface area contributed by atoms with Crippen LogP contribution < -0.4 is 16.0 Å². The average molecular weight is 457 g/mol. The lowest BCUT2D eigenvalue weighted by Gasteiger charge is -2.14. The predicted molar refractivity (Wildman–Crippen MR) is 117 cm³/mol. The smallest absolute Gasteiger partial charge is 0.282 e. The third kappa shape index (κ3) is 4.89. The quantitative estimate of drug-likeness (QED) is 0.550. The van der Waals surface area contributed by atoms with Crippen molar-refractivity contribution in [2.75, 3.05) is 6.61 Å². The summed E-state index contributed by atoms with van der Waals surface area (Å²) in [6.07, 6.45) is 2.42. The van der Waals surface area contributed by atoms with E-state index in [9.17, 15) is 9.59 Å². The first-order chi connectivity index (χ1) is 13.9. The first kappa shape index (κ1) is 20.7. The Hall–Kier alpha value is -3.00. The van der Waals surface area contributed by atoms with Gasteiger partial charge in [0.15, 0.2) is 6.61 Å². The number of nitrogens with zero attached hydrogens (tertiary/aromatic N) is 3. The molecule has 0 spiro atoms. The molecule has 29 heavy (non-hydrogen) atoms. The summed E-state index contributed by atoms with van der Waals surface area (Å²) in [4.78, 5) is 28.5. The molecule has 0 unspecified atom stereocenters. The Morgan fingerprint density at radius 1 is 1.31 bits per heavy atom. The monoisotopic (exact) mass is 456 g/mol. The first-order valence-electron chi connectivity index (χ1n) is 9.16. The fourth-order valence-electron chi connectivity index (χ4n) is 2.71. The van der Waals surface area contributed by atoms with Gasteiger partial charge in [0.05, 0.1) is 17.1 Å². The molecule has 0 aliphatic heterocycles. The summed E-state index contributed by atoms with van der Waals surface area (Å²) < 4.78 is 7.41. The number of amides is 1. The zero-order valence-electron chi connectivity index (χ0n) is 16.1. The van der Waals surface area contributed by atoms with Gasteiger partial charge in [0.2, 0.25) is 0 Å². The Morgan fingerprint density at radius 2 is 2.03 bits per heavy atom. The minimum atomic E-state index is -0.539. The Balaban J connectivity index is 1.98. The van der Waals surface area contributed by atoms with Gasteiger partial charge in [-0.2, -0.15) is 9.78 Å². The van der Waals surface area contributed by atoms with E-state index in [0.29, 0.717) is 22.5 Å². The fraction of sp³-hybridized carbons (Fsp3) is 0.238. The van der Waals surface area contributed by atoms with Crippen LogP contribution in [-0.4, -0.2) is 28.4 Å². The number of carbonyl (C=O) groups excluding carboxylic acids is 1. The number of halogens is 1. The molecule has 1 heterocycles. The summed E-state index contributed by atoms with van der Waals surface area (Å²) in [5.74, 6) is 0.668. The van der Waals surface area contributed by atoms with Crippen molar-refractivity contribution >= 4 is 39.0 Å².